The number of para-hydroxylation sites is 1. The van der Waals surface area contributed by atoms with E-state index >= 15 is 0 Å². The number of aryl methyl sites for hydroxylation is 1. The molecule has 0 aliphatic carbocycles. The Balaban J connectivity index is 2.12. The molecule has 0 saturated carbocycles. The van der Waals surface area contributed by atoms with Crippen LogP contribution in [0.2, 0.25) is 0 Å². The summed E-state index contributed by atoms with van der Waals surface area (Å²) < 4.78 is 2.10. The maximum Gasteiger partial charge on any atom is 0.219 e. The first-order chi connectivity index (χ1) is 10.7. The van der Waals surface area contributed by atoms with E-state index in [2.05, 4.69) is 16.7 Å². The van der Waals surface area contributed by atoms with Crippen LogP contribution in [0.25, 0.3) is 22.2 Å². The number of benzene rings is 2. The van der Waals surface area contributed by atoms with Gasteiger partial charge in [-0.3, -0.25) is 4.79 Å². The van der Waals surface area contributed by atoms with Crippen molar-refractivity contribution in [1.82, 2.24) is 4.57 Å². The van der Waals surface area contributed by atoms with Gasteiger partial charge in [0, 0.05) is 29.6 Å². The van der Waals surface area contributed by atoms with E-state index in [0.717, 1.165) is 22.2 Å². The fourth-order valence-electron chi connectivity index (χ4n) is 2.63. The van der Waals surface area contributed by atoms with Crippen molar-refractivity contribution in [3.8, 4) is 17.3 Å². The van der Waals surface area contributed by atoms with Crippen LogP contribution in [0.1, 0.15) is 12.0 Å². The third-order valence-electron chi connectivity index (χ3n) is 3.70. The Morgan fingerprint density at radius 2 is 1.86 bits per heavy atom. The molecule has 4 heteroatoms. The van der Waals surface area contributed by atoms with Gasteiger partial charge in [0.25, 0.3) is 0 Å². The molecule has 2 aromatic carbocycles. The summed E-state index contributed by atoms with van der Waals surface area (Å²) >= 11 is 0. The second kappa shape index (κ2) is 5.74. The lowest BCUT2D eigenvalue weighted by Crippen LogP contribution is -2.14. The SMILES string of the molecule is N#Cc1ccc(-c2cc3ccccc3n2CCC(N)=O)cc1. The van der Waals surface area contributed by atoms with Crippen molar-refractivity contribution >= 4 is 16.8 Å². The Kier molecular flexibility index (Phi) is 3.63. The summed E-state index contributed by atoms with van der Waals surface area (Å²) in [5, 5.41) is 10.0. The molecule has 108 valence electrons. The monoisotopic (exact) mass is 289 g/mol. The summed E-state index contributed by atoms with van der Waals surface area (Å²) in [6, 6.07) is 19.7. The molecule has 3 aromatic rings. The minimum absolute atomic E-state index is 0.294. The standard InChI is InChI=1S/C18H15N3O/c19-12-13-5-7-14(8-6-13)17-11-15-3-1-2-4-16(15)21(17)10-9-18(20)22/h1-8,11H,9-10H2,(H2,20,22). The first kappa shape index (κ1) is 13.9. The number of nitrogens with zero attached hydrogens (tertiary/aromatic N) is 2. The summed E-state index contributed by atoms with van der Waals surface area (Å²) in [6.07, 6.45) is 0.294. The number of primary amides is 1. The lowest BCUT2D eigenvalue weighted by molar-refractivity contribution is -0.118. The van der Waals surface area contributed by atoms with Crippen molar-refractivity contribution < 1.29 is 4.79 Å². The molecule has 0 atom stereocenters. The van der Waals surface area contributed by atoms with E-state index < -0.39 is 0 Å². The van der Waals surface area contributed by atoms with Gasteiger partial charge >= 0.3 is 0 Å². The van der Waals surface area contributed by atoms with Crippen LogP contribution in [0.3, 0.4) is 0 Å². The van der Waals surface area contributed by atoms with Crippen LogP contribution in [-0.4, -0.2) is 10.5 Å². The number of hydrogen-bond acceptors (Lipinski definition) is 2. The van der Waals surface area contributed by atoms with E-state index in [1.54, 1.807) is 12.1 Å². The Hall–Kier alpha value is -3.06. The van der Waals surface area contributed by atoms with Crippen molar-refractivity contribution in [2.24, 2.45) is 5.73 Å². The van der Waals surface area contributed by atoms with Gasteiger partial charge in [-0.05, 0) is 29.8 Å². The lowest BCUT2D eigenvalue weighted by atomic mass is 10.1. The molecule has 4 nitrogen and oxygen atoms in total. The maximum atomic E-state index is 11.1. The summed E-state index contributed by atoms with van der Waals surface area (Å²) in [5.41, 5.74) is 9.03. The maximum absolute atomic E-state index is 11.1. The molecule has 2 N–H and O–H groups in total. The average Bonchev–Trinajstić information content (AvgIpc) is 2.91. The number of rotatable bonds is 4. The van der Waals surface area contributed by atoms with Crippen LogP contribution in [0.15, 0.2) is 54.6 Å². The first-order valence-corrected chi connectivity index (χ1v) is 7.06. The molecule has 1 heterocycles. The van der Waals surface area contributed by atoms with Gasteiger partial charge in [0.1, 0.15) is 0 Å². The van der Waals surface area contributed by atoms with E-state index in [1.165, 1.54) is 0 Å². The number of amides is 1. The highest BCUT2D eigenvalue weighted by Crippen LogP contribution is 2.28. The van der Waals surface area contributed by atoms with Gasteiger partial charge in [0.15, 0.2) is 0 Å². The molecule has 1 amide bonds. The van der Waals surface area contributed by atoms with Crippen LogP contribution in [-0.2, 0) is 11.3 Å². The van der Waals surface area contributed by atoms with Crippen molar-refractivity contribution in [2.75, 3.05) is 0 Å². The number of hydrogen-bond donors (Lipinski definition) is 1. The molecule has 0 aliphatic rings. The molecule has 1 aromatic heterocycles. The fourth-order valence-corrected chi connectivity index (χ4v) is 2.63. The van der Waals surface area contributed by atoms with Crippen LogP contribution in [0, 0.1) is 11.3 Å². The lowest BCUT2D eigenvalue weighted by Gasteiger charge is -2.10. The van der Waals surface area contributed by atoms with E-state index in [-0.39, 0.29) is 5.91 Å². The number of nitriles is 1. The third-order valence-corrected chi connectivity index (χ3v) is 3.70. The molecule has 0 spiro atoms. The Bertz CT molecular complexity index is 869. The normalized spacial score (nSPS) is 10.5. The predicted octanol–water partition coefficient (Wildman–Crippen LogP) is 3.06. The molecule has 22 heavy (non-hydrogen) atoms. The Morgan fingerprint density at radius 1 is 1.14 bits per heavy atom. The first-order valence-electron chi connectivity index (χ1n) is 7.06. The van der Waals surface area contributed by atoms with Crippen LogP contribution >= 0.6 is 0 Å². The summed E-state index contributed by atoms with van der Waals surface area (Å²) in [7, 11) is 0. The molecule has 0 saturated heterocycles. The molecule has 0 bridgehead atoms. The fraction of sp³-hybridized carbons (Fsp3) is 0.111. The van der Waals surface area contributed by atoms with Crippen LogP contribution in [0.5, 0.6) is 0 Å². The number of carbonyl (C=O) groups excluding carboxylic acids is 1. The smallest absolute Gasteiger partial charge is 0.219 e. The van der Waals surface area contributed by atoms with Gasteiger partial charge in [-0.2, -0.15) is 5.26 Å². The number of fused-ring (bicyclic) bond motifs is 1. The van der Waals surface area contributed by atoms with Gasteiger partial charge in [-0.1, -0.05) is 30.3 Å². The van der Waals surface area contributed by atoms with Gasteiger partial charge in [0.05, 0.1) is 11.6 Å². The zero-order valence-electron chi connectivity index (χ0n) is 12.0. The van der Waals surface area contributed by atoms with E-state index in [0.29, 0.717) is 18.5 Å². The minimum atomic E-state index is -0.316. The van der Waals surface area contributed by atoms with E-state index in [4.69, 9.17) is 11.0 Å². The molecular formula is C18H15N3O. The second-order valence-electron chi connectivity index (χ2n) is 5.15. The predicted molar refractivity (Wildman–Crippen MR) is 85.9 cm³/mol. The number of carbonyl (C=O) groups is 1. The topological polar surface area (TPSA) is 71.8 Å². The number of nitrogens with two attached hydrogens (primary N) is 1. The van der Waals surface area contributed by atoms with Crippen molar-refractivity contribution in [1.29, 1.82) is 5.26 Å². The summed E-state index contributed by atoms with van der Waals surface area (Å²) in [6.45, 7) is 0.540. The number of aromatic nitrogens is 1. The van der Waals surface area contributed by atoms with Crippen LogP contribution < -0.4 is 5.73 Å². The van der Waals surface area contributed by atoms with Crippen molar-refractivity contribution in [3.63, 3.8) is 0 Å². The zero-order chi connectivity index (χ0) is 15.5. The zero-order valence-corrected chi connectivity index (χ0v) is 12.0. The molecule has 3 rings (SSSR count). The molecule has 0 radical (unpaired) electrons. The molecule has 0 unspecified atom stereocenters. The largest absolute Gasteiger partial charge is 0.370 e. The summed E-state index contributed by atoms with van der Waals surface area (Å²) in [4.78, 5) is 11.1. The highest BCUT2D eigenvalue weighted by molar-refractivity contribution is 5.87. The van der Waals surface area contributed by atoms with Gasteiger partial charge in [0.2, 0.25) is 5.91 Å². The minimum Gasteiger partial charge on any atom is -0.370 e. The van der Waals surface area contributed by atoms with Crippen molar-refractivity contribution in [2.45, 2.75) is 13.0 Å². The average molecular weight is 289 g/mol. The van der Waals surface area contributed by atoms with E-state index in [9.17, 15) is 4.79 Å². The molecular weight excluding hydrogens is 274 g/mol. The molecule has 0 fully saturated rings. The Labute approximate surface area is 128 Å². The van der Waals surface area contributed by atoms with Gasteiger partial charge < -0.3 is 10.3 Å². The molecule has 0 aliphatic heterocycles. The third kappa shape index (κ3) is 2.57. The highest BCUT2D eigenvalue weighted by Gasteiger charge is 2.11. The summed E-state index contributed by atoms with van der Waals surface area (Å²) in [5.74, 6) is -0.316. The van der Waals surface area contributed by atoms with Crippen molar-refractivity contribution in [3.05, 3.63) is 60.2 Å². The Morgan fingerprint density at radius 3 is 2.55 bits per heavy atom. The quantitative estimate of drug-likeness (QED) is 0.801. The highest BCUT2D eigenvalue weighted by atomic mass is 16.1. The second-order valence-corrected chi connectivity index (χ2v) is 5.15. The van der Waals surface area contributed by atoms with Crippen LogP contribution in [0.4, 0.5) is 0 Å². The van der Waals surface area contributed by atoms with E-state index in [1.807, 2.05) is 36.4 Å². The van der Waals surface area contributed by atoms with Gasteiger partial charge in [-0.15, -0.1) is 0 Å². The van der Waals surface area contributed by atoms with Gasteiger partial charge in [-0.25, -0.2) is 0 Å².